The maximum atomic E-state index is 13.1. The molecule has 0 unspecified atom stereocenters. The summed E-state index contributed by atoms with van der Waals surface area (Å²) >= 11 is 0. The first-order chi connectivity index (χ1) is 15.6. The number of rotatable bonds is 5. The topological polar surface area (TPSA) is 56.8 Å². The Bertz CT molecular complexity index is 1150. The number of likely N-dealkylation sites (N-methyl/N-ethyl adjacent to an activating group) is 1. The van der Waals surface area contributed by atoms with Gasteiger partial charge < -0.3 is 9.80 Å². The van der Waals surface area contributed by atoms with E-state index in [9.17, 15) is 9.59 Å². The number of hydrogen-bond donors (Lipinski definition) is 0. The average Bonchev–Trinajstić information content (AvgIpc) is 3.08. The molecule has 1 aromatic heterocycles. The van der Waals surface area contributed by atoms with Crippen molar-refractivity contribution in [3.63, 3.8) is 0 Å². The molecule has 5 rings (SSSR count). The summed E-state index contributed by atoms with van der Waals surface area (Å²) < 4.78 is 0. The third-order valence-electron chi connectivity index (χ3n) is 6.37. The van der Waals surface area contributed by atoms with Gasteiger partial charge >= 0.3 is 0 Å². The molecule has 2 amide bonds. The summed E-state index contributed by atoms with van der Waals surface area (Å²) in [6.07, 6.45) is 2.36. The molecule has 1 saturated heterocycles. The van der Waals surface area contributed by atoms with Crippen LogP contribution in [0.3, 0.4) is 0 Å². The normalized spacial score (nSPS) is 16.5. The molecule has 2 aliphatic heterocycles. The van der Waals surface area contributed by atoms with Crippen LogP contribution in [0.1, 0.15) is 26.3 Å². The number of amides is 2. The third-order valence-corrected chi connectivity index (χ3v) is 6.37. The van der Waals surface area contributed by atoms with E-state index >= 15 is 0 Å². The number of nitrogens with zero attached hydrogens (tertiary/aromatic N) is 4. The van der Waals surface area contributed by atoms with Gasteiger partial charge in [-0.2, -0.15) is 0 Å². The summed E-state index contributed by atoms with van der Waals surface area (Å²) in [6, 6.07) is 19.4. The minimum Gasteiger partial charge on any atom is -0.369 e. The number of piperazine rings is 1. The molecule has 2 aliphatic rings. The van der Waals surface area contributed by atoms with Crippen molar-refractivity contribution in [2.24, 2.45) is 0 Å². The van der Waals surface area contributed by atoms with Gasteiger partial charge in [-0.1, -0.05) is 30.3 Å². The van der Waals surface area contributed by atoms with Gasteiger partial charge in [-0.15, -0.1) is 0 Å². The predicted octanol–water partition coefficient (Wildman–Crippen LogP) is 3.34. The zero-order valence-corrected chi connectivity index (χ0v) is 18.2. The summed E-state index contributed by atoms with van der Waals surface area (Å²) in [5.74, 6) is -0.436. The predicted molar refractivity (Wildman–Crippen MR) is 125 cm³/mol. The van der Waals surface area contributed by atoms with Gasteiger partial charge in [0.05, 0.1) is 16.8 Å². The molecule has 0 radical (unpaired) electrons. The van der Waals surface area contributed by atoms with Crippen LogP contribution in [-0.4, -0.2) is 66.4 Å². The van der Waals surface area contributed by atoms with Gasteiger partial charge in [0.2, 0.25) is 0 Å². The van der Waals surface area contributed by atoms with Crippen molar-refractivity contribution in [2.45, 2.75) is 6.42 Å². The van der Waals surface area contributed by atoms with E-state index in [0.29, 0.717) is 24.1 Å². The molecule has 0 N–H and O–H groups in total. The Morgan fingerprint density at radius 2 is 1.59 bits per heavy atom. The smallest absolute Gasteiger partial charge is 0.261 e. The SMILES string of the molecule is CN1CCN(c2ccccc2CCN2C(=O)c3ccc(-c4ccccn4)cc3C2=O)CC1. The third kappa shape index (κ3) is 3.78. The van der Waals surface area contributed by atoms with Crippen LogP contribution in [0, 0.1) is 0 Å². The van der Waals surface area contributed by atoms with Crippen LogP contribution in [0.5, 0.6) is 0 Å². The van der Waals surface area contributed by atoms with Crippen molar-refractivity contribution in [1.29, 1.82) is 0 Å². The Labute approximate surface area is 188 Å². The summed E-state index contributed by atoms with van der Waals surface area (Å²) in [5, 5.41) is 0. The van der Waals surface area contributed by atoms with Crippen LogP contribution in [0.25, 0.3) is 11.3 Å². The molecule has 162 valence electrons. The number of hydrogen-bond acceptors (Lipinski definition) is 5. The Morgan fingerprint density at radius 1 is 0.844 bits per heavy atom. The second-order valence-electron chi connectivity index (χ2n) is 8.41. The second kappa shape index (κ2) is 8.55. The van der Waals surface area contributed by atoms with E-state index in [1.807, 2.05) is 30.3 Å². The number of carbonyl (C=O) groups is 2. The van der Waals surface area contributed by atoms with Gasteiger partial charge in [-0.3, -0.25) is 19.5 Å². The lowest BCUT2D eigenvalue weighted by atomic mass is 10.0. The van der Waals surface area contributed by atoms with E-state index in [4.69, 9.17) is 0 Å². The zero-order valence-electron chi connectivity index (χ0n) is 18.2. The summed E-state index contributed by atoms with van der Waals surface area (Å²) in [7, 11) is 2.14. The number of anilines is 1. The van der Waals surface area contributed by atoms with Crippen molar-refractivity contribution in [1.82, 2.24) is 14.8 Å². The van der Waals surface area contributed by atoms with Crippen molar-refractivity contribution in [3.8, 4) is 11.3 Å². The maximum absolute atomic E-state index is 13.1. The molecule has 0 bridgehead atoms. The van der Waals surface area contributed by atoms with E-state index < -0.39 is 0 Å². The Balaban J connectivity index is 1.34. The van der Waals surface area contributed by atoms with Gasteiger partial charge in [0, 0.05) is 50.2 Å². The standard InChI is InChI=1S/C26H26N4O2/c1-28-14-16-29(17-15-28)24-8-3-2-6-19(24)11-13-30-25(31)21-10-9-20(18-22(21)26(30)32)23-7-4-5-12-27-23/h2-10,12,18H,11,13-17H2,1H3. The van der Waals surface area contributed by atoms with Gasteiger partial charge in [0.1, 0.15) is 0 Å². The largest absolute Gasteiger partial charge is 0.369 e. The Morgan fingerprint density at radius 3 is 2.38 bits per heavy atom. The van der Waals surface area contributed by atoms with Gasteiger partial charge in [0.15, 0.2) is 0 Å². The van der Waals surface area contributed by atoms with E-state index in [0.717, 1.165) is 37.4 Å². The number of para-hydroxylation sites is 1. The lowest BCUT2D eigenvalue weighted by Gasteiger charge is -2.35. The second-order valence-corrected chi connectivity index (χ2v) is 8.41. The highest BCUT2D eigenvalue weighted by Crippen LogP contribution is 2.29. The van der Waals surface area contributed by atoms with Crippen molar-refractivity contribution in [3.05, 3.63) is 83.6 Å². The number of pyridine rings is 1. The average molecular weight is 427 g/mol. The van der Waals surface area contributed by atoms with E-state index in [1.54, 1.807) is 18.3 Å². The summed E-state index contributed by atoms with van der Waals surface area (Å²) in [6.45, 7) is 4.40. The summed E-state index contributed by atoms with van der Waals surface area (Å²) in [5.41, 5.74) is 4.94. The van der Waals surface area contributed by atoms with Gasteiger partial charge in [-0.05, 0) is 49.4 Å². The monoisotopic (exact) mass is 426 g/mol. The lowest BCUT2D eigenvalue weighted by Crippen LogP contribution is -2.44. The van der Waals surface area contributed by atoms with Crippen molar-refractivity contribution >= 4 is 17.5 Å². The molecular weight excluding hydrogens is 400 g/mol. The highest BCUT2D eigenvalue weighted by Gasteiger charge is 2.35. The molecule has 0 atom stereocenters. The molecule has 6 heteroatoms. The molecule has 3 heterocycles. The fourth-order valence-electron chi connectivity index (χ4n) is 4.50. The number of aromatic nitrogens is 1. The van der Waals surface area contributed by atoms with E-state index in [2.05, 4.69) is 40.0 Å². The molecule has 6 nitrogen and oxygen atoms in total. The Kier molecular flexibility index (Phi) is 5.45. The zero-order chi connectivity index (χ0) is 22.1. The van der Waals surface area contributed by atoms with E-state index in [-0.39, 0.29) is 11.8 Å². The molecule has 3 aromatic rings. The minimum absolute atomic E-state index is 0.213. The quantitative estimate of drug-likeness (QED) is 0.586. The highest BCUT2D eigenvalue weighted by atomic mass is 16.2. The minimum atomic E-state index is -0.222. The number of carbonyl (C=O) groups excluding carboxylic acids is 2. The van der Waals surface area contributed by atoms with Gasteiger partial charge in [-0.25, -0.2) is 0 Å². The van der Waals surface area contributed by atoms with Crippen LogP contribution < -0.4 is 4.90 Å². The molecule has 2 aromatic carbocycles. The van der Waals surface area contributed by atoms with Crippen LogP contribution in [0.4, 0.5) is 5.69 Å². The first kappa shape index (κ1) is 20.4. The number of fused-ring (bicyclic) bond motifs is 1. The maximum Gasteiger partial charge on any atom is 0.261 e. The molecule has 0 saturated carbocycles. The first-order valence-electron chi connectivity index (χ1n) is 11.0. The summed E-state index contributed by atoms with van der Waals surface area (Å²) in [4.78, 5) is 36.5. The molecule has 0 aliphatic carbocycles. The molecule has 1 fully saturated rings. The van der Waals surface area contributed by atoms with Crippen molar-refractivity contribution < 1.29 is 9.59 Å². The van der Waals surface area contributed by atoms with Crippen LogP contribution in [0.2, 0.25) is 0 Å². The lowest BCUT2D eigenvalue weighted by molar-refractivity contribution is 0.0656. The highest BCUT2D eigenvalue weighted by molar-refractivity contribution is 6.21. The molecular formula is C26H26N4O2. The van der Waals surface area contributed by atoms with Crippen molar-refractivity contribution in [2.75, 3.05) is 44.7 Å². The first-order valence-corrected chi connectivity index (χ1v) is 11.0. The van der Waals surface area contributed by atoms with Crippen LogP contribution in [-0.2, 0) is 6.42 Å². The van der Waals surface area contributed by atoms with Crippen LogP contribution in [0.15, 0.2) is 66.9 Å². The molecule has 0 spiro atoms. The number of benzene rings is 2. The fourth-order valence-corrected chi connectivity index (χ4v) is 4.50. The Hall–Kier alpha value is -3.51. The van der Waals surface area contributed by atoms with E-state index in [1.165, 1.54) is 16.2 Å². The number of imide groups is 1. The van der Waals surface area contributed by atoms with Crippen LogP contribution >= 0.6 is 0 Å². The molecule has 32 heavy (non-hydrogen) atoms. The van der Waals surface area contributed by atoms with Gasteiger partial charge in [0.25, 0.3) is 11.8 Å². The fraction of sp³-hybridized carbons (Fsp3) is 0.269.